The van der Waals surface area contributed by atoms with E-state index in [0.29, 0.717) is 26.2 Å². The van der Waals surface area contributed by atoms with E-state index < -0.39 is 19.6 Å². The zero-order valence-corrected chi connectivity index (χ0v) is 9.77. The maximum absolute atomic E-state index is 11.0. The van der Waals surface area contributed by atoms with Gasteiger partial charge in [-0.15, -0.1) is 0 Å². The van der Waals surface area contributed by atoms with Crippen molar-refractivity contribution in [2.24, 2.45) is 0 Å². The Labute approximate surface area is 93.6 Å². The van der Waals surface area contributed by atoms with Gasteiger partial charge in [-0.25, -0.2) is 0 Å². The average molecular weight is 252 g/mol. The molecule has 0 bridgehead atoms. The van der Waals surface area contributed by atoms with Crippen molar-refractivity contribution in [1.29, 1.82) is 0 Å². The molecule has 1 saturated heterocycles. The Morgan fingerprint density at radius 2 is 1.94 bits per heavy atom. The van der Waals surface area contributed by atoms with E-state index in [1.54, 1.807) is 4.90 Å². The summed E-state index contributed by atoms with van der Waals surface area (Å²) in [6.07, 6.45) is -0.395. The summed E-state index contributed by atoms with van der Waals surface area (Å²) in [4.78, 5) is 30.2. The highest BCUT2D eigenvalue weighted by Gasteiger charge is 2.28. The lowest BCUT2D eigenvalue weighted by Crippen LogP contribution is -2.51. The van der Waals surface area contributed by atoms with Gasteiger partial charge in [0.15, 0.2) is 0 Å². The third-order valence-corrected chi connectivity index (χ3v) is 3.41. The number of hydrogen-bond donors (Lipinski definition) is 4. The Bertz CT molecular complexity index is 286. The second kappa shape index (κ2) is 5.75. The zero-order valence-electron chi connectivity index (χ0n) is 8.87. The number of piperazine rings is 1. The first-order valence-electron chi connectivity index (χ1n) is 5.12. The summed E-state index contributed by atoms with van der Waals surface area (Å²) in [5.74, 6) is -1.02. The maximum atomic E-state index is 11.0. The van der Waals surface area contributed by atoms with Crippen LogP contribution >= 0.6 is 7.60 Å². The lowest BCUT2D eigenvalue weighted by Gasteiger charge is -2.32. The van der Waals surface area contributed by atoms with Crippen molar-refractivity contribution < 1.29 is 24.3 Å². The van der Waals surface area contributed by atoms with E-state index in [2.05, 4.69) is 5.32 Å². The highest BCUT2D eigenvalue weighted by molar-refractivity contribution is 7.51. The van der Waals surface area contributed by atoms with Crippen LogP contribution in [0.3, 0.4) is 0 Å². The number of hydrogen-bond acceptors (Lipinski definition) is 4. The van der Waals surface area contributed by atoms with Crippen molar-refractivity contribution >= 4 is 13.6 Å². The van der Waals surface area contributed by atoms with Crippen LogP contribution in [-0.4, -0.2) is 64.1 Å². The van der Waals surface area contributed by atoms with Crippen LogP contribution < -0.4 is 5.32 Å². The molecule has 94 valence electrons. The van der Waals surface area contributed by atoms with Gasteiger partial charge in [0.05, 0.1) is 6.16 Å². The van der Waals surface area contributed by atoms with Gasteiger partial charge < -0.3 is 20.2 Å². The minimum absolute atomic E-state index is 0.0143. The molecule has 0 aliphatic carbocycles. The van der Waals surface area contributed by atoms with Crippen molar-refractivity contribution in [3.63, 3.8) is 0 Å². The van der Waals surface area contributed by atoms with E-state index in [1.807, 2.05) is 0 Å². The van der Waals surface area contributed by atoms with Gasteiger partial charge in [-0.3, -0.25) is 14.3 Å². The second-order valence-electron chi connectivity index (χ2n) is 3.82. The quantitative estimate of drug-likeness (QED) is 0.460. The molecule has 7 nitrogen and oxygen atoms in total. The van der Waals surface area contributed by atoms with Crippen LogP contribution in [0.1, 0.15) is 6.42 Å². The van der Waals surface area contributed by atoms with Gasteiger partial charge in [0, 0.05) is 26.2 Å². The minimum Gasteiger partial charge on any atom is -0.480 e. The number of aliphatic carboxylic acids is 1. The number of carboxylic acid groups (broad SMARTS) is 1. The predicted molar refractivity (Wildman–Crippen MR) is 57.4 cm³/mol. The second-order valence-corrected chi connectivity index (χ2v) is 5.59. The monoisotopic (exact) mass is 252 g/mol. The standard InChI is InChI=1S/C8H17N2O5P/c11-8(12)7(1-6-16(13,14)15)10-4-2-9-3-5-10/h7,9H,1-6H2,(H,11,12)(H2,13,14,15). The molecular formula is C8H17N2O5P. The van der Waals surface area contributed by atoms with Crippen LogP contribution in [0, 0.1) is 0 Å². The van der Waals surface area contributed by atoms with Gasteiger partial charge in [0.2, 0.25) is 0 Å². The number of nitrogens with zero attached hydrogens (tertiary/aromatic N) is 1. The summed E-state index contributed by atoms with van der Waals surface area (Å²) in [5.41, 5.74) is 0. The number of nitrogens with one attached hydrogen (secondary N) is 1. The third-order valence-electron chi connectivity index (χ3n) is 2.57. The summed E-state index contributed by atoms with van der Waals surface area (Å²) in [5, 5.41) is 12.1. The van der Waals surface area contributed by atoms with E-state index in [9.17, 15) is 9.36 Å². The molecule has 4 N–H and O–H groups in total. The zero-order chi connectivity index (χ0) is 12.2. The van der Waals surface area contributed by atoms with Gasteiger partial charge in [-0.1, -0.05) is 0 Å². The largest absolute Gasteiger partial charge is 0.480 e. The van der Waals surface area contributed by atoms with Crippen LogP contribution in [-0.2, 0) is 9.36 Å². The Morgan fingerprint density at radius 3 is 2.38 bits per heavy atom. The molecule has 0 aromatic rings. The molecule has 0 aromatic carbocycles. The highest BCUT2D eigenvalue weighted by atomic mass is 31.2. The van der Waals surface area contributed by atoms with Crippen LogP contribution in [0.2, 0.25) is 0 Å². The summed E-state index contributed by atoms with van der Waals surface area (Å²) in [6, 6.07) is -0.797. The Kier molecular flexibility index (Phi) is 4.89. The summed E-state index contributed by atoms with van der Waals surface area (Å²) in [6.45, 7) is 2.61. The molecular weight excluding hydrogens is 235 g/mol. The van der Waals surface area contributed by atoms with Crippen molar-refractivity contribution in [1.82, 2.24) is 10.2 Å². The van der Waals surface area contributed by atoms with E-state index in [-0.39, 0.29) is 12.6 Å². The smallest absolute Gasteiger partial charge is 0.325 e. The number of carbonyl (C=O) groups is 1. The van der Waals surface area contributed by atoms with Crippen LogP contribution in [0.25, 0.3) is 0 Å². The topological polar surface area (TPSA) is 110 Å². The molecule has 1 heterocycles. The summed E-state index contributed by atoms with van der Waals surface area (Å²) >= 11 is 0. The fourth-order valence-electron chi connectivity index (χ4n) is 1.75. The van der Waals surface area contributed by atoms with E-state index in [0.717, 1.165) is 0 Å². The lowest BCUT2D eigenvalue weighted by atomic mass is 10.1. The first-order valence-corrected chi connectivity index (χ1v) is 6.92. The predicted octanol–water partition coefficient (Wildman–Crippen LogP) is -1.09. The van der Waals surface area contributed by atoms with Crippen molar-refractivity contribution in [2.75, 3.05) is 32.3 Å². The van der Waals surface area contributed by atoms with Crippen LogP contribution in [0.5, 0.6) is 0 Å². The SMILES string of the molecule is O=C(O)C(CCP(=O)(O)O)N1CCNCC1. The number of rotatable bonds is 5. The molecule has 16 heavy (non-hydrogen) atoms. The van der Waals surface area contributed by atoms with Gasteiger partial charge in [-0.05, 0) is 6.42 Å². The molecule has 1 fully saturated rings. The van der Waals surface area contributed by atoms with Gasteiger partial charge in [0.1, 0.15) is 6.04 Å². The Hall–Kier alpha value is -0.460. The summed E-state index contributed by atoms with van der Waals surface area (Å²) in [7, 11) is -4.12. The van der Waals surface area contributed by atoms with E-state index in [1.165, 1.54) is 0 Å². The maximum Gasteiger partial charge on any atom is 0.325 e. The molecule has 1 aliphatic heterocycles. The number of carboxylic acids is 1. The molecule has 1 aliphatic rings. The Morgan fingerprint density at radius 1 is 1.38 bits per heavy atom. The highest BCUT2D eigenvalue weighted by Crippen LogP contribution is 2.35. The normalized spacial score (nSPS) is 20.6. The lowest BCUT2D eigenvalue weighted by molar-refractivity contribution is -0.143. The Balaban J connectivity index is 2.53. The first-order chi connectivity index (χ1) is 7.40. The van der Waals surface area contributed by atoms with Crippen LogP contribution in [0.4, 0.5) is 0 Å². The van der Waals surface area contributed by atoms with Crippen LogP contribution in [0.15, 0.2) is 0 Å². The molecule has 8 heteroatoms. The van der Waals surface area contributed by atoms with E-state index in [4.69, 9.17) is 14.9 Å². The molecule has 0 spiro atoms. The van der Waals surface area contributed by atoms with Gasteiger partial charge in [-0.2, -0.15) is 0 Å². The molecule has 1 rings (SSSR count). The van der Waals surface area contributed by atoms with Crippen molar-refractivity contribution in [3.8, 4) is 0 Å². The van der Waals surface area contributed by atoms with Gasteiger partial charge >= 0.3 is 13.6 Å². The molecule has 0 aromatic heterocycles. The first kappa shape index (κ1) is 13.6. The average Bonchev–Trinajstić information content (AvgIpc) is 2.17. The third kappa shape index (κ3) is 4.59. The minimum atomic E-state index is -4.12. The molecule has 0 radical (unpaired) electrons. The molecule has 0 amide bonds. The molecule has 1 unspecified atom stereocenters. The molecule has 1 atom stereocenters. The molecule has 0 saturated carbocycles. The summed E-state index contributed by atoms with van der Waals surface area (Å²) < 4.78 is 10.7. The van der Waals surface area contributed by atoms with Crippen molar-refractivity contribution in [3.05, 3.63) is 0 Å². The fourth-order valence-corrected chi connectivity index (χ4v) is 2.33. The van der Waals surface area contributed by atoms with Crippen molar-refractivity contribution in [2.45, 2.75) is 12.5 Å². The van der Waals surface area contributed by atoms with Gasteiger partial charge in [0.25, 0.3) is 0 Å². The fraction of sp³-hybridized carbons (Fsp3) is 0.875. The van der Waals surface area contributed by atoms with E-state index >= 15 is 0 Å².